The predicted molar refractivity (Wildman–Crippen MR) is 78.1 cm³/mol. The molecular formula is C13H19NO2S2. The van der Waals surface area contributed by atoms with Gasteiger partial charge in [-0.2, -0.15) is 0 Å². The summed E-state index contributed by atoms with van der Waals surface area (Å²) in [6.45, 7) is 2.13. The highest BCUT2D eigenvalue weighted by Crippen LogP contribution is 2.28. The Labute approximate surface area is 113 Å². The van der Waals surface area contributed by atoms with E-state index >= 15 is 0 Å². The molecule has 1 saturated heterocycles. The van der Waals surface area contributed by atoms with Crippen molar-refractivity contribution in [2.24, 2.45) is 0 Å². The quantitative estimate of drug-likeness (QED) is 0.864. The standard InChI is InChI=1S/C13H19NO2S2/c1-2-17-13-6-4-3-5-12(13)14-11-7-9-18(15,16)10-8-11/h3-6,11,14H,2,7-10H2,1H3. The summed E-state index contributed by atoms with van der Waals surface area (Å²) in [7, 11) is -2.77. The van der Waals surface area contributed by atoms with E-state index < -0.39 is 9.84 Å². The van der Waals surface area contributed by atoms with Crippen LogP contribution in [-0.2, 0) is 9.84 Å². The molecule has 1 aromatic rings. The molecule has 3 nitrogen and oxygen atoms in total. The minimum absolute atomic E-state index is 0.284. The normalized spacial score (nSPS) is 19.6. The molecule has 1 N–H and O–H groups in total. The zero-order valence-corrected chi connectivity index (χ0v) is 12.2. The molecule has 1 aliphatic rings. The monoisotopic (exact) mass is 285 g/mol. The number of sulfone groups is 1. The van der Waals surface area contributed by atoms with Crippen LogP contribution in [0.2, 0.25) is 0 Å². The van der Waals surface area contributed by atoms with E-state index in [1.54, 1.807) is 0 Å². The number of thioether (sulfide) groups is 1. The van der Waals surface area contributed by atoms with Crippen molar-refractivity contribution in [2.45, 2.75) is 30.7 Å². The van der Waals surface area contributed by atoms with E-state index in [-0.39, 0.29) is 6.04 Å². The Hall–Kier alpha value is -0.680. The largest absolute Gasteiger partial charge is 0.381 e. The first-order valence-corrected chi connectivity index (χ1v) is 9.10. The molecule has 0 spiro atoms. The van der Waals surface area contributed by atoms with E-state index in [0.29, 0.717) is 24.3 Å². The maximum Gasteiger partial charge on any atom is 0.150 e. The van der Waals surface area contributed by atoms with E-state index in [1.165, 1.54) is 4.90 Å². The second kappa shape index (κ2) is 5.97. The van der Waals surface area contributed by atoms with Crippen LogP contribution in [0.1, 0.15) is 19.8 Å². The lowest BCUT2D eigenvalue weighted by atomic mass is 10.1. The van der Waals surface area contributed by atoms with Crippen LogP contribution in [0.3, 0.4) is 0 Å². The highest BCUT2D eigenvalue weighted by Gasteiger charge is 2.23. The van der Waals surface area contributed by atoms with Crippen molar-refractivity contribution in [3.05, 3.63) is 24.3 Å². The summed E-state index contributed by atoms with van der Waals surface area (Å²) >= 11 is 1.81. The second-order valence-electron chi connectivity index (χ2n) is 4.50. The summed E-state index contributed by atoms with van der Waals surface area (Å²) in [5.41, 5.74) is 1.13. The fourth-order valence-corrected chi connectivity index (χ4v) is 4.38. The summed E-state index contributed by atoms with van der Waals surface area (Å²) < 4.78 is 22.8. The Morgan fingerprint density at radius 2 is 1.94 bits per heavy atom. The highest BCUT2D eigenvalue weighted by molar-refractivity contribution is 7.99. The Balaban J connectivity index is 2.02. The molecule has 0 atom stereocenters. The van der Waals surface area contributed by atoms with Gasteiger partial charge in [0.25, 0.3) is 0 Å². The first-order chi connectivity index (χ1) is 8.61. The molecule has 5 heteroatoms. The third-order valence-corrected chi connectivity index (χ3v) is 5.77. The van der Waals surface area contributed by atoms with Crippen LogP contribution in [0.5, 0.6) is 0 Å². The summed E-state index contributed by atoms with van der Waals surface area (Å²) in [4.78, 5) is 1.24. The molecular weight excluding hydrogens is 266 g/mol. The first kappa shape index (κ1) is 13.7. The van der Waals surface area contributed by atoms with Crippen molar-refractivity contribution in [3.8, 4) is 0 Å². The molecule has 0 aliphatic carbocycles. The molecule has 0 aromatic heterocycles. The summed E-state index contributed by atoms with van der Waals surface area (Å²) in [5, 5.41) is 3.49. The maximum atomic E-state index is 11.4. The topological polar surface area (TPSA) is 46.2 Å². The van der Waals surface area contributed by atoms with Crippen molar-refractivity contribution in [1.29, 1.82) is 0 Å². The van der Waals surface area contributed by atoms with Crippen molar-refractivity contribution in [2.75, 3.05) is 22.6 Å². The van der Waals surface area contributed by atoms with Crippen molar-refractivity contribution >= 4 is 27.3 Å². The Kier molecular flexibility index (Phi) is 4.56. The minimum Gasteiger partial charge on any atom is -0.381 e. The number of hydrogen-bond acceptors (Lipinski definition) is 4. The van der Waals surface area contributed by atoms with Crippen LogP contribution >= 0.6 is 11.8 Å². The zero-order valence-electron chi connectivity index (χ0n) is 10.6. The van der Waals surface area contributed by atoms with Gasteiger partial charge in [-0.05, 0) is 30.7 Å². The van der Waals surface area contributed by atoms with Gasteiger partial charge in [-0.15, -0.1) is 11.8 Å². The summed E-state index contributed by atoms with van der Waals surface area (Å²) in [5.74, 6) is 1.67. The maximum absolute atomic E-state index is 11.4. The Morgan fingerprint density at radius 3 is 2.61 bits per heavy atom. The van der Waals surface area contributed by atoms with E-state index in [2.05, 4.69) is 24.4 Å². The fraction of sp³-hybridized carbons (Fsp3) is 0.538. The van der Waals surface area contributed by atoms with E-state index in [4.69, 9.17) is 0 Å². The minimum atomic E-state index is -2.77. The van der Waals surface area contributed by atoms with Gasteiger partial charge >= 0.3 is 0 Å². The Bertz CT molecular complexity index is 485. The zero-order chi connectivity index (χ0) is 13.0. The average molecular weight is 285 g/mol. The molecule has 1 heterocycles. The van der Waals surface area contributed by atoms with Gasteiger partial charge in [0.1, 0.15) is 9.84 Å². The van der Waals surface area contributed by atoms with Gasteiger partial charge in [0.2, 0.25) is 0 Å². The molecule has 1 fully saturated rings. The lowest BCUT2D eigenvalue weighted by molar-refractivity contribution is 0.559. The lowest BCUT2D eigenvalue weighted by Gasteiger charge is -2.25. The lowest BCUT2D eigenvalue weighted by Crippen LogP contribution is -2.32. The van der Waals surface area contributed by atoms with Crippen LogP contribution in [0, 0.1) is 0 Å². The number of benzene rings is 1. The third kappa shape index (κ3) is 3.65. The number of nitrogens with one attached hydrogen (secondary N) is 1. The third-order valence-electron chi connectivity index (χ3n) is 3.10. The molecule has 0 bridgehead atoms. The van der Waals surface area contributed by atoms with Crippen molar-refractivity contribution < 1.29 is 8.42 Å². The molecule has 100 valence electrons. The molecule has 2 rings (SSSR count). The van der Waals surface area contributed by atoms with E-state index in [1.807, 2.05) is 23.9 Å². The van der Waals surface area contributed by atoms with Gasteiger partial charge in [0.05, 0.1) is 11.5 Å². The van der Waals surface area contributed by atoms with Crippen LogP contribution in [0.25, 0.3) is 0 Å². The van der Waals surface area contributed by atoms with Gasteiger partial charge in [0, 0.05) is 16.6 Å². The van der Waals surface area contributed by atoms with E-state index in [0.717, 1.165) is 11.4 Å². The molecule has 18 heavy (non-hydrogen) atoms. The molecule has 0 unspecified atom stereocenters. The molecule has 0 radical (unpaired) electrons. The van der Waals surface area contributed by atoms with Crippen LogP contribution in [0.15, 0.2) is 29.2 Å². The van der Waals surface area contributed by atoms with Gasteiger partial charge in [-0.3, -0.25) is 0 Å². The number of hydrogen-bond donors (Lipinski definition) is 1. The van der Waals surface area contributed by atoms with Gasteiger partial charge in [-0.25, -0.2) is 8.42 Å². The van der Waals surface area contributed by atoms with Crippen molar-refractivity contribution in [3.63, 3.8) is 0 Å². The first-order valence-electron chi connectivity index (χ1n) is 6.29. The van der Waals surface area contributed by atoms with Crippen LogP contribution < -0.4 is 5.32 Å². The van der Waals surface area contributed by atoms with Crippen LogP contribution in [-0.4, -0.2) is 31.7 Å². The van der Waals surface area contributed by atoms with Gasteiger partial charge < -0.3 is 5.32 Å². The SMILES string of the molecule is CCSc1ccccc1NC1CCS(=O)(=O)CC1. The second-order valence-corrected chi connectivity index (χ2v) is 8.11. The molecule has 1 aliphatic heterocycles. The van der Waals surface area contributed by atoms with Crippen LogP contribution in [0.4, 0.5) is 5.69 Å². The number of para-hydroxylation sites is 1. The summed E-state index contributed by atoms with van der Waals surface area (Å²) in [6, 6.07) is 8.51. The highest BCUT2D eigenvalue weighted by atomic mass is 32.2. The van der Waals surface area contributed by atoms with Gasteiger partial charge in [0.15, 0.2) is 0 Å². The number of anilines is 1. The van der Waals surface area contributed by atoms with Crippen molar-refractivity contribution in [1.82, 2.24) is 0 Å². The fourth-order valence-electron chi connectivity index (χ4n) is 2.12. The molecule has 0 amide bonds. The average Bonchev–Trinajstić information content (AvgIpc) is 2.35. The smallest absolute Gasteiger partial charge is 0.150 e. The predicted octanol–water partition coefficient (Wildman–Crippen LogP) is 2.79. The molecule has 1 aromatic carbocycles. The number of rotatable bonds is 4. The van der Waals surface area contributed by atoms with E-state index in [9.17, 15) is 8.42 Å². The molecule has 0 saturated carbocycles. The van der Waals surface area contributed by atoms with Gasteiger partial charge in [-0.1, -0.05) is 19.1 Å². The Morgan fingerprint density at radius 1 is 1.28 bits per heavy atom. The summed E-state index contributed by atoms with van der Waals surface area (Å²) in [6.07, 6.45) is 1.43.